The van der Waals surface area contributed by atoms with Crippen molar-refractivity contribution < 1.29 is 23.7 Å². The maximum absolute atomic E-state index is 14.1. The monoisotopic (exact) mass is 540 g/mol. The minimum atomic E-state index is -0.273. The van der Waals surface area contributed by atoms with E-state index in [4.69, 9.17) is 24.0 Å². The maximum atomic E-state index is 14.1. The average Bonchev–Trinajstić information content (AvgIpc) is 3.54. The van der Waals surface area contributed by atoms with Gasteiger partial charge in [-0.2, -0.15) is 5.10 Å². The molecule has 0 amide bonds. The lowest BCUT2D eigenvalue weighted by atomic mass is 10.1. The molecule has 206 valence electrons. The average molecular weight is 541 g/mol. The summed E-state index contributed by atoms with van der Waals surface area (Å²) in [5.74, 6) is 1.22. The predicted octanol–water partition coefficient (Wildman–Crippen LogP) is 5.90. The molecule has 2 heterocycles. The normalized spacial score (nSPS) is 11.1. The lowest BCUT2D eigenvalue weighted by Crippen LogP contribution is -2.16. The van der Waals surface area contributed by atoms with Gasteiger partial charge in [0.05, 0.1) is 17.9 Å². The van der Waals surface area contributed by atoms with Crippen molar-refractivity contribution in [1.29, 1.82) is 0 Å². The number of carbonyl (C=O) groups excluding carboxylic acids is 1. The SMILES string of the molecule is COCOc1cc(Nc2cc(C)nn2Cc2ccccc2C)c(C(=O)n2cc3ccccc3c2)c(OCOC)c1. The van der Waals surface area contributed by atoms with E-state index in [0.717, 1.165) is 22.0 Å². The molecule has 0 saturated carbocycles. The van der Waals surface area contributed by atoms with Crippen molar-refractivity contribution in [2.24, 2.45) is 0 Å². The fraction of sp³-hybridized carbons (Fsp3) is 0.226. The standard InChI is InChI=1S/C31H32N4O5/c1-21-9-5-6-10-23(21)18-35-29(13-22(2)33-35)32-27-14-26(39-19-37-3)15-28(40-20-38-4)30(27)31(36)34-16-24-11-7-8-12-25(24)17-34/h5-17,32H,18-20H2,1-4H3. The van der Waals surface area contributed by atoms with Crippen LogP contribution < -0.4 is 14.8 Å². The van der Waals surface area contributed by atoms with Gasteiger partial charge in [-0.05, 0) is 35.7 Å². The van der Waals surface area contributed by atoms with E-state index < -0.39 is 0 Å². The van der Waals surface area contributed by atoms with Crippen LogP contribution in [0.2, 0.25) is 0 Å². The third-order valence-electron chi connectivity index (χ3n) is 6.50. The molecule has 0 unspecified atom stereocenters. The van der Waals surface area contributed by atoms with Crippen LogP contribution in [0.25, 0.3) is 10.8 Å². The van der Waals surface area contributed by atoms with Crippen LogP contribution in [0.15, 0.2) is 79.1 Å². The van der Waals surface area contributed by atoms with Gasteiger partial charge in [0, 0.05) is 44.8 Å². The first-order valence-corrected chi connectivity index (χ1v) is 12.9. The van der Waals surface area contributed by atoms with Gasteiger partial charge in [-0.15, -0.1) is 0 Å². The van der Waals surface area contributed by atoms with Crippen LogP contribution in [-0.4, -0.2) is 48.1 Å². The molecule has 5 aromatic rings. The number of aromatic nitrogens is 3. The summed E-state index contributed by atoms with van der Waals surface area (Å²) in [6.45, 7) is 4.55. The Morgan fingerprint density at radius 1 is 0.875 bits per heavy atom. The summed E-state index contributed by atoms with van der Waals surface area (Å²) in [4.78, 5) is 14.1. The molecule has 0 fully saturated rings. The van der Waals surface area contributed by atoms with Crippen molar-refractivity contribution in [2.75, 3.05) is 33.1 Å². The van der Waals surface area contributed by atoms with Gasteiger partial charge in [0.15, 0.2) is 13.6 Å². The molecule has 2 aromatic heterocycles. The fourth-order valence-corrected chi connectivity index (χ4v) is 4.54. The zero-order valence-electron chi connectivity index (χ0n) is 23.0. The van der Waals surface area contributed by atoms with E-state index in [1.165, 1.54) is 12.7 Å². The number of benzene rings is 3. The van der Waals surface area contributed by atoms with E-state index in [-0.39, 0.29) is 19.5 Å². The Labute approximate surface area is 232 Å². The molecule has 0 spiro atoms. The fourth-order valence-electron chi connectivity index (χ4n) is 4.54. The molecule has 0 aliphatic rings. The minimum Gasteiger partial charge on any atom is -0.467 e. The highest BCUT2D eigenvalue weighted by Gasteiger charge is 2.23. The molecular formula is C31H32N4O5. The van der Waals surface area contributed by atoms with Crippen LogP contribution in [0.4, 0.5) is 11.5 Å². The molecular weight excluding hydrogens is 508 g/mol. The number of fused-ring (bicyclic) bond motifs is 1. The second-order valence-electron chi connectivity index (χ2n) is 9.43. The summed E-state index contributed by atoms with van der Waals surface area (Å²) in [6, 6.07) is 21.4. The maximum Gasteiger partial charge on any atom is 0.267 e. The number of anilines is 2. The number of ether oxygens (including phenoxy) is 4. The van der Waals surface area contributed by atoms with Gasteiger partial charge in [-0.25, -0.2) is 4.68 Å². The van der Waals surface area contributed by atoms with E-state index >= 15 is 0 Å². The Morgan fingerprint density at radius 3 is 2.25 bits per heavy atom. The number of hydrogen-bond acceptors (Lipinski definition) is 7. The zero-order valence-corrected chi connectivity index (χ0v) is 23.0. The second-order valence-corrected chi connectivity index (χ2v) is 9.43. The summed E-state index contributed by atoms with van der Waals surface area (Å²) in [5.41, 5.74) is 3.97. The van der Waals surface area contributed by atoms with E-state index in [2.05, 4.69) is 24.4 Å². The number of hydrogen-bond donors (Lipinski definition) is 1. The number of carbonyl (C=O) groups is 1. The van der Waals surface area contributed by atoms with Gasteiger partial charge < -0.3 is 24.3 Å². The van der Waals surface area contributed by atoms with Crippen LogP contribution in [0.3, 0.4) is 0 Å². The first kappa shape index (κ1) is 27.0. The number of methoxy groups -OCH3 is 2. The Kier molecular flexibility index (Phi) is 8.14. The summed E-state index contributed by atoms with van der Waals surface area (Å²) >= 11 is 0. The number of aryl methyl sites for hydroxylation is 2. The minimum absolute atomic E-state index is 0.0315. The van der Waals surface area contributed by atoms with Crippen molar-refractivity contribution in [3.8, 4) is 11.5 Å². The number of nitrogens with one attached hydrogen (secondary N) is 1. The highest BCUT2D eigenvalue weighted by atomic mass is 16.7. The van der Waals surface area contributed by atoms with Crippen molar-refractivity contribution >= 4 is 28.2 Å². The molecule has 0 radical (unpaired) electrons. The van der Waals surface area contributed by atoms with Crippen LogP contribution in [0, 0.1) is 13.8 Å². The molecule has 40 heavy (non-hydrogen) atoms. The molecule has 0 aliphatic heterocycles. The van der Waals surface area contributed by atoms with Crippen molar-refractivity contribution in [2.45, 2.75) is 20.4 Å². The van der Waals surface area contributed by atoms with Crippen molar-refractivity contribution in [3.63, 3.8) is 0 Å². The topological polar surface area (TPSA) is 88.8 Å². The van der Waals surface area contributed by atoms with Gasteiger partial charge in [-0.1, -0.05) is 48.5 Å². The molecule has 1 N–H and O–H groups in total. The summed E-state index contributed by atoms with van der Waals surface area (Å²) < 4.78 is 25.4. The smallest absolute Gasteiger partial charge is 0.267 e. The Bertz CT molecular complexity index is 1610. The van der Waals surface area contributed by atoms with Gasteiger partial charge in [-0.3, -0.25) is 9.36 Å². The Morgan fingerprint density at radius 2 is 1.55 bits per heavy atom. The molecule has 5 rings (SSSR count). The largest absolute Gasteiger partial charge is 0.467 e. The van der Waals surface area contributed by atoms with E-state index in [1.807, 2.05) is 66.5 Å². The Balaban J connectivity index is 1.61. The number of rotatable bonds is 11. The van der Waals surface area contributed by atoms with E-state index in [1.54, 1.807) is 23.8 Å². The molecule has 3 aromatic carbocycles. The third-order valence-corrected chi connectivity index (χ3v) is 6.50. The number of nitrogens with zero attached hydrogens (tertiary/aromatic N) is 3. The molecule has 9 nitrogen and oxygen atoms in total. The van der Waals surface area contributed by atoms with Crippen LogP contribution >= 0.6 is 0 Å². The van der Waals surface area contributed by atoms with Crippen LogP contribution in [0.1, 0.15) is 27.2 Å². The van der Waals surface area contributed by atoms with Gasteiger partial charge in [0.2, 0.25) is 0 Å². The van der Waals surface area contributed by atoms with Crippen LogP contribution in [0.5, 0.6) is 11.5 Å². The molecule has 9 heteroatoms. The summed E-state index contributed by atoms with van der Waals surface area (Å²) in [7, 11) is 3.07. The zero-order chi connectivity index (χ0) is 28.1. The van der Waals surface area contributed by atoms with Gasteiger partial charge in [0.25, 0.3) is 5.91 Å². The van der Waals surface area contributed by atoms with Crippen LogP contribution in [-0.2, 0) is 16.0 Å². The van der Waals surface area contributed by atoms with Gasteiger partial charge in [0.1, 0.15) is 22.9 Å². The summed E-state index contributed by atoms with van der Waals surface area (Å²) in [6.07, 6.45) is 3.62. The van der Waals surface area contributed by atoms with E-state index in [0.29, 0.717) is 35.1 Å². The summed E-state index contributed by atoms with van der Waals surface area (Å²) in [5, 5.41) is 10.1. The van der Waals surface area contributed by atoms with E-state index in [9.17, 15) is 4.79 Å². The molecule has 0 aliphatic carbocycles. The lowest BCUT2D eigenvalue weighted by molar-refractivity contribution is 0.0456. The second kappa shape index (κ2) is 12.1. The Hall–Kier alpha value is -4.60. The first-order valence-electron chi connectivity index (χ1n) is 12.9. The predicted molar refractivity (Wildman–Crippen MR) is 154 cm³/mol. The highest BCUT2D eigenvalue weighted by Crippen LogP contribution is 2.36. The van der Waals surface area contributed by atoms with Crippen molar-refractivity contribution in [1.82, 2.24) is 14.3 Å². The van der Waals surface area contributed by atoms with Crippen molar-refractivity contribution in [3.05, 3.63) is 102 Å². The highest BCUT2D eigenvalue weighted by molar-refractivity contribution is 6.06. The molecule has 0 saturated heterocycles. The molecule has 0 bridgehead atoms. The molecule has 0 atom stereocenters. The third kappa shape index (κ3) is 5.85. The quantitative estimate of drug-likeness (QED) is 0.209. The first-order chi connectivity index (χ1) is 19.5. The van der Waals surface area contributed by atoms with Gasteiger partial charge >= 0.3 is 0 Å². The lowest BCUT2D eigenvalue weighted by Gasteiger charge is -2.19.